The van der Waals surface area contributed by atoms with Crippen molar-refractivity contribution in [3.8, 4) is 11.5 Å². The number of benzene rings is 2. The van der Waals surface area contributed by atoms with Gasteiger partial charge in [0, 0.05) is 5.69 Å². The molecule has 0 aliphatic carbocycles. The van der Waals surface area contributed by atoms with Gasteiger partial charge in [-0.3, -0.25) is 0 Å². The molecule has 1 aliphatic heterocycles. The van der Waals surface area contributed by atoms with Crippen molar-refractivity contribution in [3.63, 3.8) is 0 Å². The maximum absolute atomic E-state index is 6.80. The highest BCUT2D eigenvalue weighted by Crippen LogP contribution is 2.41. The van der Waals surface area contributed by atoms with Crippen LogP contribution in [0.25, 0.3) is 10.8 Å². The van der Waals surface area contributed by atoms with Crippen molar-refractivity contribution in [1.29, 1.82) is 0 Å². The summed E-state index contributed by atoms with van der Waals surface area (Å²) < 4.78 is 12.8. The number of anilines is 1. The molecule has 7 heteroatoms. The molecule has 34 heavy (non-hydrogen) atoms. The Morgan fingerprint density at radius 1 is 0.912 bits per heavy atom. The average Bonchev–Trinajstić information content (AvgIpc) is 2.89. The number of hydrogen-bond acceptors (Lipinski definition) is 3. The van der Waals surface area contributed by atoms with Crippen LogP contribution in [-0.4, -0.2) is 26.4 Å². The van der Waals surface area contributed by atoms with Gasteiger partial charge in [-0.2, -0.15) is 0 Å². The van der Waals surface area contributed by atoms with Crippen LogP contribution in [0.2, 0.25) is 21.6 Å². The monoisotopic (exact) mass is 519 g/mol. The van der Waals surface area contributed by atoms with Crippen LogP contribution in [0.4, 0.5) is 5.69 Å². The van der Waals surface area contributed by atoms with E-state index >= 15 is 0 Å². The van der Waals surface area contributed by atoms with Gasteiger partial charge in [-0.05, 0) is 78.8 Å². The van der Waals surface area contributed by atoms with Gasteiger partial charge < -0.3 is 15.0 Å². The molecule has 1 fully saturated rings. The quantitative estimate of drug-likeness (QED) is 0.260. The first-order valence-corrected chi connectivity index (χ1v) is 14.7. The van der Waals surface area contributed by atoms with Crippen LogP contribution in [0.3, 0.4) is 0 Å². The lowest BCUT2D eigenvalue weighted by Crippen LogP contribution is -2.43. The molecule has 2 N–H and O–H groups in total. The topological polar surface area (TPSA) is 44.5 Å². The van der Waals surface area contributed by atoms with Crippen molar-refractivity contribution in [2.45, 2.75) is 97.1 Å². The summed E-state index contributed by atoms with van der Waals surface area (Å²) in [6.07, 6.45) is 0. The Labute approximate surface area is 219 Å². The predicted molar refractivity (Wildman–Crippen MR) is 154 cm³/mol. The van der Waals surface area contributed by atoms with Crippen LogP contribution < -0.4 is 11.2 Å². The van der Waals surface area contributed by atoms with Crippen molar-refractivity contribution in [2.24, 2.45) is 0 Å². The molecule has 0 unspecified atom stereocenters. The lowest BCUT2D eigenvalue weighted by Gasteiger charge is -2.38. The largest absolute Gasteiger partial charge is 0.495 e. The van der Waals surface area contributed by atoms with Gasteiger partial charge >= 0.3 is 7.12 Å². The lowest BCUT2D eigenvalue weighted by molar-refractivity contribution is 0.00578. The normalized spacial score (nSPS) is 17.3. The van der Waals surface area contributed by atoms with Crippen LogP contribution in [0.1, 0.15) is 74.8 Å². The summed E-state index contributed by atoms with van der Waals surface area (Å²) in [5.74, 6) is 3.59. The molecule has 3 rings (SSSR count). The van der Waals surface area contributed by atoms with E-state index in [1.807, 2.05) is 24.3 Å². The van der Waals surface area contributed by atoms with E-state index in [1.54, 1.807) is 0 Å². The molecule has 186 valence electrons. The Hall–Kier alpha value is -1.16. The first-order valence-electron chi connectivity index (χ1n) is 12.0. The first kappa shape index (κ1) is 29.1. The Kier molecular flexibility index (Phi) is 8.61. The van der Waals surface area contributed by atoms with Crippen molar-refractivity contribution < 1.29 is 9.31 Å². The molecule has 0 amide bonds. The molecule has 0 aromatic heterocycles. The van der Waals surface area contributed by atoms with Crippen molar-refractivity contribution in [2.75, 3.05) is 5.73 Å². The summed E-state index contributed by atoms with van der Waals surface area (Å²) >= 11 is 6.80. The minimum atomic E-state index is -1.93. The minimum absolute atomic E-state index is 0. The molecule has 0 spiro atoms. The zero-order chi connectivity index (χ0) is 24.9. The summed E-state index contributed by atoms with van der Waals surface area (Å²) in [5, 5.41) is 2.62. The maximum Gasteiger partial charge on any atom is 0.495 e. The highest BCUT2D eigenvalue weighted by molar-refractivity contribution is 6.90. The number of hydrogen-bond donors (Lipinski definition) is 1. The van der Waals surface area contributed by atoms with Crippen molar-refractivity contribution >= 4 is 61.1 Å². The number of nitrogen functional groups attached to an aromatic ring is 1. The predicted octanol–water partition coefficient (Wildman–Crippen LogP) is 7.37. The highest BCUT2D eigenvalue weighted by Gasteiger charge is 2.52. The van der Waals surface area contributed by atoms with Gasteiger partial charge in [-0.1, -0.05) is 65.1 Å². The summed E-state index contributed by atoms with van der Waals surface area (Å²) in [4.78, 5) is 0. The molecule has 3 nitrogen and oxygen atoms in total. The highest BCUT2D eigenvalue weighted by atomic mass is 35.5. The van der Waals surface area contributed by atoms with Gasteiger partial charge in [-0.25, -0.2) is 0 Å². The zero-order valence-corrected chi connectivity index (χ0v) is 24.9. The average molecular weight is 520 g/mol. The SMILES string of the molecule is CC(C)[Si](C#Cc1c(Cl)ccc2cc(N)cc(B3OC(C)(C)C(C)(C)O3)c12)(C(C)C)C(C)C.Cl. The molecule has 0 radical (unpaired) electrons. The van der Waals surface area contributed by atoms with E-state index in [2.05, 4.69) is 80.7 Å². The Morgan fingerprint density at radius 3 is 1.88 bits per heavy atom. The molecule has 2 aromatic rings. The second-order valence-electron chi connectivity index (χ2n) is 11.4. The van der Waals surface area contributed by atoms with Gasteiger partial charge in [0.1, 0.15) is 8.07 Å². The van der Waals surface area contributed by atoms with E-state index in [1.165, 1.54) is 0 Å². The number of rotatable bonds is 4. The van der Waals surface area contributed by atoms with E-state index in [0.717, 1.165) is 21.8 Å². The van der Waals surface area contributed by atoms with Gasteiger partial charge in [0.2, 0.25) is 0 Å². The van der Waals surface area contributed by atoms with Crippen molar-refractivity contribution in [1.82, 2.24) is 0 Å². The molecule has 0 saturated carbocycles. The van der Waals surface area contributed by atoms with E-state index in [0.29, 0.717) is 27.3 Å². The maximum atomic E-state index is 6.80. The van der Waals surface area contributed by atoms with Crippen LogP contribution in [0, 0.1) is 11.5 Å². The second-order valence-corrected chi connectivity index (χ2v) is 17.4. The number of fused-ring (bicyclic) bond motifs is 1. The Morgan fingerprint density at radius 2 is 1.41 bits per heavy atom. The van der Waals surface area contributed by atoms with E-state index in [4.69, 9.17) is 26.6 Å². The smallest absolute Gasteiger partial charge is 0.399 e. The number of nitrogens with two attached hydrogens (primary N) is 1. The molecule has 0 bridgehead atoms. The molecule has 1 aliphatic rings. The third-order valence-electron chi connectivity index (χ3n) is 7.90. The molecular weight excluding hydrogens is 480 g/mol. The van der Waals surface area contributed by atoms with Crippen LogP contribution in [0.5, 0.6) is 0 Å². The zero-order valence-electron chi connectivity index (χ0n) is 22.3. The van der Waals surface area contributed by atoms with Gasteiger partial charge in [0.05, 0.1) is 21.8 Å². The summed E-state index contributed by atoms with van der Waals surface area (Å²) in [6.45, 7) is 22.2. The Balaban J connectivity index is 0.00000408. The fraction of sp³-hybridized carbons (Fsp3) is 0.556. The molecule has 0 atom stereocenters. The van der Waals surface area contributed by atoms with Gasteiger partial charge in [0.15, 0.2) is 0 Å². The van der Waals surface area contributed by atoms with Crippen LogP contribution >= 0.6 is 24.0 Å². The molecule has 1 saturated heterocycles. The lowest BCUT2D eigenvalue weighted by atomic mass is 9.74. The van der Waals surface area contributed by atoms with Gasteiger partial charge in [-0.15, -0.1) is 18.0 Å². The third-order valence-corrected chi connectivity index (χ3v) is 14.5. The van der Waals surface area contributed by atoms with E-state index < -0.39 is 26.4 Å². The van der Waals surface area contributed by atoms with Crippen LogP contribution in [-0.2, 0) is 9.31 Å². The fourth-order valence-corrected chi connectivity index (χ4v) is 10.8. The standard InChI is InChI=1S/C27H39BClNO2Si.ClH/c1-17(2)33(18(3)4,19(5)6)14-13-22-24(29)12-11-20-15-21(30)16-23(25(20)22)28-31-26(7,8)27(9,10)32-28;/h11-12,15-19H,30H2,1-10H3;1H. The van der Waals surface area contributed by atoms with Crippen LogP contribution in [0.15, 0.2) is 24.3 Å². The minimum Gasteiger partial charge on any atom is -0.399 e. The molecular formula is C27H40BCl2NO2Si. The molecule has 2 aromatic carbocycles. The summed E-state index contributed by atoms with van der Waals surface area (Å²) in [7, 11) is -2.47. The van der Waals surface area contributed by atoms with Gasteiger partial charge in [0.25, 0.3) is 0 Å². The summed E-state index contributed by atoms with van der Waals surface area (Å²) in [6, 6.07) is 7.85. The first-order chi connectivity index (χ1) is 15.1. The van der Waals surface area contributed by atoms with E-state index in [9.17, 15) is 0 Å². The third kappa shape index (κ3) is 4.90. The van der Waals surface area contributed by atoms with E-state index in [-0.39, 0.29) is 12.4 Å². The Bertz CT molecular complexity index is 1080. The second kappa shape index (κ2) is 10.1. The van der Waals surface area contributed by atoms with Crippen molar-refractivity contribution in [3.05, 3.63) is 34.9 Å². The summed E-state index contributed by atoms with van der Waals surface area (Å²) in [5.41, 5.74) is 13.3. The fourth-order valence-electron chi connectivity index (χ4n) is 5.38. The number of halogens is 2. The molecule has 1 heterocycles.